The largest absolute Gasteiger partial charge is 0.332 e. The summed E-state index contributed by atoms with van der Waals surface area (Å²) in [6.07, 6.45) is 1.75. The normalized spacial score (nSPS) is 11.1. The first-order valence-electron chi connectivity index (χ1n) is 7.69. The number of benzene rings is 1. The molecule has 0 saturated heterocycles. The Labute approximate surface area is 133 Å². The highest BCUT2D eigenvalue weighted by Crippen LogP contribution is 2.26. The van der Waals surface area contributed by atoms with Crippen LogP contribution in [0.15, 0.2) is 46.0 Å². The Morgan fingerprint density at radius 3 is 2.39 bits per heavy atom. The van der Waals surface area contributed by atoms with E-state index in [1.54, 1.807) is 7.05 Å². The van der Waals surface area contributed by atoms with Gasteiger partial charge in [-0.3, -0.25) is 13.9 Å². The van der Waals surface area contributed by atoms with Crippen LogP contribution in [-0.2, 0) is 20.5 Å². The van der Waals surface area contributed by atoms with Gasteiger partial charge in [-0.25, -0.2) is 9.78 Å². The van der Waals surface area contributed by atoms with Crippen LogP contribution < -0.4 is 11.2 Å². The van der Waals surface area contributed by atoms with Crippen molar-refractivity contribution in [3.05, 3.63) is 62.9 Å². The van der Waals surface area contributed by atoms with Crippen molar-refractivity contribution in [2.24, 2.45) is 14.1 Å². The molecular formula is C18H19N3O2. The van der Waals surface area contributed by atoms with Crippen LogP contribution in [-0.4, -0.2) is 14.1 Å². The molecule has 0 bridgehead atoms. The molecule has 0 spiro atoms. The minimum absolute atomic E-state index is 0.308. The zero-order valence-corrected chi connectivity index (χ0v) is 13.5. The molecule has 0 saturated carbocycles. The summed E-state index contributed by atoms with van der Waals surface area (Å²) in [5.41, 5.74) is 2.45. The first-order valence-corrected chi connectivity index (χ1v) is 7.69. The number of nitrogens with zero attached hydrogens (tertiary/aromatic N) is 3. The van der Waals surface area contributed by atoms with Gasteiger partial charge in [-0.15, -0.1) is 0 Å². The third kappa shape index (κ3) is 2.48. The van der Waals surface area contributed by atoms with Crippen LogP contribution in [0.5, 0.6) is 0 Å². The molecule has 0 aliphatic carbocycles. The zero-order valence-electron chi connectivity index (χ0n) is 13.5. The topological polar surface area (TPSA) is 56.9 Å². The van der Waals surface area contributed by atoms with Crippen LogP contribution in [0.3, 0.4) is 0 Å². The number of rotatable bonds is 3. The predicted molar refractivity (Wildman–Crippen MR) is 91.7 cm³/mol. The van der Waals surface area contributed by atoms with Crippen molar-refractivity contribution in [2.45, 2.75) is 19.8 Å². The predicted octanol–water partition coefficient (Wildman–Crippen LogP) is 2.25. The highest BCUT2D eigenvalue weighted by atomic mass is 16.2. The number of hydrogen-bond acceptors (Lipinski definition) is 3. The van der Waals surface area contributed by atoms with E-state index in [-0.39, 0.29) is 11.2 Å². The molecule has 118 valence electrons. The molecule has 0 atom stereocenters. The van der Waals surface area contributed by atoms with Gasteiger partial charge in [0, 0.05) is 19.8 Å². The Morgan fingerprint density at radius 1 is 1.04 bits per heavy atom. The second-order valence-electron chi connectivity index (χ2n) is 5.68. The van der Waals surface area contributed by atoms with Crippen molar-refractivity contribution in [1.82, 2.24) is 14.1 Å². The Hall–Kier alpha value is -2.69. The summed E-state index contributed by atoms with van der Waals surface area (Å²) >= 11 is 0. The lowest BCUT2D eigenvalue weighted by Gasteiger charge is -2.13. The van der Waals surface area contributed by atoms with Gasteiger partial charge in [-0.05, 0) is 23.6 Å². The molecule has 2 heterocycles. The average Bonchev–Trinajstić information content (AvgIpc) is 2.58. The average molecular weight is 309 g/mol. The fourth-order valence-corrected chi connectivity index (χ4v) is 2.84. The Kier molecular flexibility index (Phi) is 3.86. The summed E-state index contributed by atoms with van der Waals surface area (Å²) in [6.45, 7) is 2.08. The molecule has 0 fully saturated rings. The fraction of sp³-hybridized carbons (Fsp3) is 0.278. The standard InChI is InChI=1S/C18H19N3O2/c1-4-8-13-11-14(12-9-6-5-7-10-12)15-16(19-13)20(2)18(23)21(3)17(15)22/h5-7,9-11H,4,8H2,1-3H3. The molecule has 0 radical (unpaired) electrons. The maximum absolute atomic E-state index is 12.7. The Bertz CT molecular complexity index is 985. The van der Waals surface area contributed by atoms with Crippen molar-refractivity contribution in [3.8, 4) is 11.1 Å². The van der Waals surface area contributed by atoms with Crippen LogP contribution in [0.2, 0.25) is 0 Å². The van der Waals surface area contributed by atoms with Crippen LogP contribution in [0.25, 0.3) is 22.2 Å². The first kappa shape index (κ1) is 15.2. The number of aryl methyl sites for hydroxylation is 2. The molecule has 5 nitrogen and oxygen atoms in total. The summed E-state index contributed by atoms with van der Waals surface area (Å²) in [6, 6.07) is 11.7. The van der Waals surface area contributed by atoms with E-state index in [0.29, 0.717) is 11.0 Å². The summed E-state index contributed by atoms with van der Waals surface area (Å²) in [7, 11) is 3.15. The van der Waals surface area contributed by atoms with E-state index in [1.807, 2.05) is 36.4 Å². The summed E-state index contributed by atoms with van der Waals surface area (Å²) in [4.78, 5) is 29.4. The van der Waals surface area contributed by atoms with Crippen molar-refractivity contribution >= 4 is 11.0 Å². The van der Waals surface area contributed by atoms with Crippen molar-refractivity contribution < 1.29 is 0 Å². The number of fused-ring (bicyclic) bond motifs is 1. The highest BCUT2D eigenvalue weighted by Gasteiger charge is 2.16. The van der Waals surface area contributed by atoms with Gasteiger partial charge >= 0.3 is 5.69 Å². The smallest absolute Gasteiger partial charge is 0.280 e. The minimum atomic E-state index is -0.359. The van der Waals surface area contributed by atoms with Crippen molar-refractivity contribution in [1.29, 1.82) is 0 Å². The number of hydrogen-bond donors (Lipinski definition) is 0. The van der Waals surface area contributed by atoms with Crippen LogP contribution >= 0.6 is 0 Å². The van der Waals surface area contributed by atoms with Crippen LogP contribution in [0.1, 0.15) is 19.0 Å². The van der Waals surface area contributed by atoms with Gasteiger partial charge in [0.2, 0.25) is 0 Å². The van der Waals surface area contributed by atoms with E-state index in [1.165, 1.54) is 11.6 Å². The summed E-state index contributed by atoms with van der Waals surface area (Å²) < 4.78 is 2.58. The molecule has 3 aromatic rings. The van der Waals surface area contributed by atoms with Gasteiger partial charge in [0.05, 0.1) is 5.39 Å². The van der Waals surface area contributed by atoms with Gasteiger partial charge < -0.3 is 0 Å². The second-order valence-corrected chi connectivity index (χ2v) is 5.68. The highest BCUT2D eigenvalue weighted by molar-refractivity contribution is 5.92. The number of aromatic nitrogens is 3. The molecule has 5 heteroatoms. The maximum atomic E-state index is 12.7. The van der Waals surface area contributed by atoms with Crippen LogP contribution in [0, 0.1) is 0 Å². The van der Waals surface area contributed by atoms with Gasteiger partial charge in [0.25, 0.3) is 5.56 Å². The van der Waals surface area contributed by atoms with Crippen LogP contribution in [0.4, 0.5) is 0 Å². The van der Waals surface area contributed by atoms with Gasteiger partial charge in [-0.1, -0.05) is 43.7 Å². The van der Waals surface area contributed by atoms with Crippen molar-refractivity contribution in [2.75, 3.05) is 0 Å². The first-order chi connectivity index (χ1) is 11.0. The lowest BCUT2D eigenvalue weighted by Crippen LogP contribution is -2.37. The molecule has 0 unspecified atom stereocenters. The monoisotopic (exact) mass is 309 g/mol. The molecule has 0 aliphatic rings. The SMILES string of the molecule is CCCc1cc(-c2ccccc2)c2c(=O)n(C)c(=O)n(C)c2n1. The third-order valence-corrected chi connectivity index (χ3v) is 4.05. The van der Waals surface area contributed by atoms with Gasteiger partial charge in [0.15, 0.2) is 0 Å². The molecule has 2 aromatic heterocycles. The van der Waals surface area contributed by atoms with E-state index in [4.69, 9.17) is 0 Å². The molecule has 0 amide bonds. The molecule has 0 N–H and O–H groups in total. The fourth-order valence-electron chi connectivity index (χ4n) is 2.84. The quantitative estimate of drug-likeness (QED) is 0.745. The molecule has 23 heavy (non-hydrogen) atoms. The van der Waals surface area contributed by atoms with E-state index < -0.39 is 0 Å². The maximum Gasteiger partial charge on any atom is 0.332 e. The molecular weight excluding hydrogens is 290 g/mol. The molecule has 3 rings (SSSR count). The van der Waals surface area contributed by atoms with E-state index >= 15 is 0 Å². The zero-order chi connectivity index (χ0) is 16.6. The van der Waals surface area contributed by atoms with Gasteiger partial charge in [0.1, 0.15) is 5.65 Å². The summed E-state index contributed by atoms with van der Waals surface area (Å²) in [5.74, 6) is 0. The van der Waals surface area contributed by atoms with Gasteiger partial charge in [-0.2, -0.15) is 0 Å². The minimum Gasteiger partial charge on any atom is -0.280 e. The molecule has 0 aliphatic heterocycles. The van der Waals surface area contributed by atoms with Crippen molar-refractivity contribution in [3.63, 3.8) is 0 Å². The summed E-state index contributed by atoms with van der Waals surface area (Å²) in [5, 5.41) is 0.487. The second kappa shape index (κ2) is 5.83. The van der Waals surface area contributed by atoms with E-state index in [2.05, 4.69) is 11.9 Å². The van der Waals surface area contributed by atoms with E-state index in [0.717, 1.165) is 34.2 Å². The lowest BCUT2D eigenvalue weighted by molar-refractivity contribution is 0.705. The van der Waals surface area contributed by atoms with E-state index in [9.17, 15) is 9.59 Å². The lowest BCUT2D eigenvalue weighted by atomic mass is 10.0. The number of pyridine rings is 1. The molecule has 1 aromatic carbocycles. The Morgan fingerprint density at radius 2 is 1.74 bits per heavy atom. The third-order valence-electron chi connectivity index (χ3n) is 4.05. The Balaban J connectivity index is 2.51.